The fourth-order valence-corrected chi connectivity index (χ4v) is 2.68. The molecule has 10 heteroatoms. The van der Waals surface area contributed by atoms with Gasteiger partial charge in [0.05, 0.1) is 18.4 Å². The summed E-state index contributed by atoms with van der Waals surface area (Å²) in [7, 11) is 0. The predicted octanol–water partition coefficient (Wildman–Crippen LogP) is 2.34. The number of nitrogen functional groups attached to an aromatic ring is 1. The number of halogens is 1. The Morgan fingerprint density at radius 1 is 1.25 bits per heavy atom. The van der Waals surface area contributed by atoms with E-state index in [1.54, 1.807) is 35.0 Å². The zero-order chi connectivity index (χ0) is 19.5. The summed E-state index contributed by atoms with van der Waals surface area (Å²) in [6.07, 6.45) is 2.79. The highest BCUT2D eigenvalue weighted by Crippen LogP contribution is 2.25. The minimum atomic E-state index is -0.338. The van der Waals surface area contributed by atoms with Crippen molar-refractivity contribution in [3.63, 3.8) is 0 Å². The summed E-state index contributed by atoms with van der Waals surface area (Å²) in [5.74, 6) is 5.52. The molecule has 0 amide bonds. The Kier molecular flexibility index (Phi) is 4.49. The lowest BCUT2D eigenvalue weighted by atomic mass is 10.2. The second-order valence-corrected chi connectivity index (χ2v) is 5.76. The van der Waals surface area contributed by atoms with Gasteiger partial charge in [-0.15, -0.1) is 0 Å². The summed E-state index contributed by atoms with van der Waals surface area (Å²) < 4.78 is 20.6. The van der Waals surface area contributed by atoms with E-state index >= 15 is 0 Å². The molecule has 0 fully saturated rings. The van der Waals surface area contributed by atoms with E-state index in [1.807, 2.05) is 6.07 Å². The van der Waals surface area contributed by atoms with E-state index in [0.29, 0.717) is 22.6 Å². The van der Waals surface area contributed by atoms with Gasteiger partial charge in [-0.05, 0) is 12.1 Å². The molecule has 0 aliphatic carbocycles. The summed E-state index contributed by atoms with van der Waals surface area (Å²) >= 11 is 0. The van der Waals surface area contributed by atoms with Crippen LogP contribution in [0.2, 0.25) is 0 Å². The van der Waals surface area contributed by atoms with Crippen LogP contribution in [0, 0.1) is 17.1 Å². The zero-order valence-corrected chi connectivity index (χ0v) is 14.4. The van der Waals surface area contributed by atoms with E-state index in [1.165, 1.54) is 18.5 Å². The third kappa shape index (κ3) is 3.17. The summed E-state index contributed by atoms with van der Waals surface area (Å²) in [6.45, 7) is 0.174. The summed E-state index contributed by atoms with van der Waals surface area (Å²) in [5.41, 5.74) is 4.58. The molecule has 9 nitrogen and oxygen atoms in total. The molecule has 138 valence electrons. The van der Waals surface area contributed by atoms with E-state index in [9.17, 15) is 4.39 Å². The van der Waals surface area contributed by atoms with Crippen LogP contribution < -0.4 is 11.3 Å². The molecule has 3 aromatic heterocycles. The van der Waals surface area contributed by atoms with Gasteiger partial charge < -0.3 is 9.95 Å². The van der Waals surface area contributed by atoms with Gasteiger partial charge in [-0.2, -0.15) is 10.4 Å². The van der Waals surface area contributed by atoms with Crippen LogP contribution in [0.25, 0.3) is 22.9 Å². The van der Waals surface area contributed by atoms with Gasteiger partial charge in [0.25, 0.3) is 0 Å². The van der Waals surface area contributed by atoms with Crippen molar-refractivity contribution in [2.75, 3.05) is 5.43 Å². The molecule has 0 aliphatic rings. The van der Waals surface area contributed by atoms with Crippen LogP contribution >= 0.6 is 0 Å². The van der Waals surface area contributed by atoms with Crippen molar-refractivity contribution in [1.29, 1.82) is 5.26 Å². The van der Waals surface area contributed by atoms with Crippen LogP contribution in [0.1, 0.15) is 11.1 Å². The number of rotatable bonds is 5. The Hall–Kier alpha value is -4.10. The first-order valence-electron chi connectivity index (χ1n) is 8.15. The predicted molar refractivity (Wildman–Crippen MR) is 96.8 cm³/mol. The normalized spacial score (nSPS) is 10.6. The second kappa shape index (κ2) is 7.26. The SMILES string of the molecule is N#Cc1cnc(-c2cc(-c3ccon3)n(Cc3ccccc3F)n2)nc1NN. The van der Waals surface area contributed by atoms with E-state index < -0.39 is 0 Å². The van der Waals surface area contributed by atoms with Crippen molar-refractivity contribution in [3.05, 3.63) is 65.8 Å². The molecular weight excluding hydrogens is 363 g/mol. The molecule has 0 saturated heterocycles. The number of hydrazine groups is 1. The number of nitriles is 1. The Balaban J connectivity index is 1.80. The van der Waals surface area contributed by atoms with Crippen LogP contribution in [-0.4, -0.2) is 24.9 Å². The van der Waals surface area contributed by atoms with E-state index in [-0.39, 0.29) is 29.6 Å². The van der Waals surface area contributed by atoms with Crippen molar-refractivity contribution in [3.8, 4) is 29.0 Å². The molecule has 28 heavy (non-hydrogen) atoms. The average Bonchev–Trinajstić information content (AvgIpc) is 3.39. The number of benzene rings is 1. The molecule has 3 heterocycles. The lowest BCUT2D eigenvalue weighted by Crippen LogP contribution is -2.11. The highest BCUT2D eigenvalue weighted by molar-refractivity contribution is 5.64. The average molecular weight is 376 g/mol. The monoisotopic (exact) mass is 376 g/mol. The first-order valence-corrected chi connectivity index (χ1v) is 8.15. The molecular formula is C18H13FN8O. The Morgan fingerprint density at radius 3 is 2.82 bits per heavy atom. The van der Waals surface area contributed by atoms with Crippen LogP contribution in [0.15, 0.2) is 53.4 Å². The quantitative estimate of drug-likeness (QED) is 0.401. The summed E-state index contributed by atoms with van der Waals surface area (Å²) in [6, 6.07) is 11.8. The molecule has 0 aliphatic heterocycles. The van der Waals surface area contributed by atoms with Gasteiger partial charge in [0.15, 0.2) is 11.6 Å². The van der Waals surface area contributed by atoms with Crippen LogP contribution in [0.4, 0.5) is 10.2 Å². The second-order valence-electron chi connectivity index (χ2n) is 5.76. The molecule has 0 atom stereocenters. The minimum absolute atomic E-state index is 0.174. The van der Waals surface area contributed by atoms with Crippen LogP contribution in [-0.2, 0) is 6.54 Å². The largest absolute Gasteiger partial charge is 0.364 e. The number of aromatic nitrogens is 5. The minimum Gasteiger partial charge on any atom is -0.364 e. The van der Waals surface area contributed by atoms with Gasteiger partial charge >= 0.3 is 0 Å². The highest BCUT2D eigenvalue weighted by Gasteiger charge is 2.17. The molecule has 0 bridgehead atoms. The van der Waals surface area contributed by atoms with Crippen molar-refractivity contribution >= 4 is 5.82 Å². The Morgan fingerprint density at radius 2 is 2.11 bits per heavy atom. The van der Waals surface area contributed by atoms with Crippen molar-refractivity contribution in [2.24, 2.45) is 5.84 Å². The Labute approximate surface area is 158 Å². The number of hydrogen-bond acceptors (Lipinski definition) is 8. The topological polar surface area (TPSA) is 131 Å². The molecule has 4 aromatic rings. The fraction of sp³-hybridized carbons (Fsp3) is 0.0556. The first-order chi connectivity index (χ1) is 13.7. The smallest absolute Gasteiger partial charge is 0.182 e. The highest BCUT2D eigenvalue weighted by atomic mass is 19.1. The third-order valence-corrected chi connectivity index (χ3v) is 4.03. The van der Waals surface area contributed by atoms with Gasteiger partial charge in [0, 0.05) is 11.6 Å². The molecule has 0 saturated carbocycles. The maximum absolute atomic E-state index is 14.1. The van der Waals surface area contributed by atoms with Gasteiger partial charge in [-0.25, -0.2) is 20.2 Å². The van der Waals surface area contributed by atoms with E-state index in [2.05, 4.69) is 25.6 Å². The third-order valence-electron chi connectivity index (χ3n) is 4.03. The molecule has 4 rings (SSSR count). The van der Waals surface area contributed by atoms with Gasteiger partial charge in [-0.3, -0.25) is 4.68 Å². The molecule has 0 spiro atoms. The maximum Gasteiger partial charge on any atom is 0.182 e. The van der Waals surface area contributed by atoms with Crippen molar-refractivity contribution in [2.45, 2.75) is 6.54 Å². The maximum atomic E-state index is 14.1. The summed E-state index contributed by atoms with van der Waals surface area (Å²) in [5, 5.41) is 17.5. The lowest BCUT2D eigenvalue weighted by Gasteiger charge is -2.06. The lowest BCUT2D eigenvalue weighted by molar-refractivity contribution is 0.421. The van der Waals surface area contributed by atoms with Crippen LogP contribution in [0.5, 0.6) is 0 Å². The number of anilines is 1. The standard InChI is InChI=1S/C18H13FN8O/c19-13-4-2-1-3-11(13)10-27-16(14-5-6-28-26-14)7-15(25-27)18-22-9-12(8-20)17(23-18)24-21/h1-7,9H,10,21H2,(H,22,23,24). The van der Waals surface area contributed by atoms with E-state index in [4.69, 9.17) is 15.6 Å². The molecule has 0 radical (unpaired) electrons. The fourth-order valence-electron chi connectivity index (χ4n) is 2.68. The van der Waals surface area contributed by atoms with Gasteiger partial charge in [0.2, 0.25) is 0 Å². The van der Waals surface area contributed by atoms with Crippen molar-refractivity contribution in [1.82, 2.24) is 24.9 Å². The van der Waals surface area contributed by atoms with Crippen LogP contribution in [0.3, 0.4) is 0 Å². The molecule has 3 N–H and O–H groups in total. The van der Waals surface area contributed by atoms with E-state index in [0.717, 1.165) is 0 Å². The Bertz CT molecular complexity index is 1160. The number of nitrogens with zero attached hydrogens (tertiary/aromatic N) is 6. The zero-order valence-electron chi connectivity index (χ0n) is 14.4. The van der Waals surface area contributed by atoms with Crippen molar-refractivity contribution < 1.29 is 8.91 Å². The number of hydrogen-bond donors (Lipinski definition) is 2. The van der Waals surface area contributed by atoms with Gasteiger partial charge in [0.1, 0.15) is 35.1 Å². The molecule has 0 unspecified atom stereocenters. The molecule has 1 aromatic carbocycles. The first kappa shape index (κ1) is 17.3. The number of nitrogens with one attached hydrogen (secondary N) is 1. The number of nitrogens with two attached hydrogens (primary N) is 1. The van der Waals surface area contributed by atoms with Gasteiger partial charge in [-0.1, -0.05) is 23.4 Å². The summed E-state index contributed by atoms with van der Waals surface area (Å²) in [4.78, 5) is 8.39.